The Morgan fingerprint density at radius 1 is 1.19 bits per heavy atom. The Hall–Kier alpha value is -3.08. The smallest absolute Gasteiger partial charge is 0.308 e. The van der Waals surface area contributed by atoms with Crippen LogP contribution in [-0.2, 0) is 11.2 Å². The van der Waals surface area contributed by atoms with Gasteiger partial charge in [0.25, 0.3) is 0 Å². The zero-order chi connectivity index (χ0) is 23.0. The lowest BCUT2D eigenvalue weighted by Gasteiger charge is -2.46. The molecule has 1 aliphatic heterocycles. The van der Waals surface area contributed by atoms with Gasteiger partial charge < -0.3 is 14.6 Å². The Bertz CT molecular complexity index is 1090. The first kappa shape index (κ1) is 22.1. The molecule has 168 valence electrons. The first-order valence-corrected chi connectivity index (χ1v) is 11.2. The molecule has 1 heterocycles. The van der Waals surface area contributed by atoms with E-state index in [1.807, 2.05) is 30.3 Å². The maximum Gasteiger partial charge on any atom is 0.308 e. The number of Topliss-reactive ketones (excluding diaryl/α,β-unsaturated/α-hetero) is 1. The van der Waals surface area contributed by atoms with E-state index in [2.05, 4.69) is 20.8 Å². The number of aromatic hydroxyl groups is 1. The third kappa shape index (κ3) is 4.16. The molecule has 5 heteroatoms. The van der Waals surface area contributed by atoms with Crippen molar-refractivity contribution in [2.24, 2.45) is 0 Å². The Kier molecular flexibility index (Phi) is 5.85. The van der Waals surface area contributed by atoms with E-state index in [0.29, 0.717) is 17.7 Å². The molecule has 32 heavy (non-hydrogen) atoms. The van der Waals surface area contributed by atoms with Crippen LogP contribution in [0.2, 0.25) is 0 Å². The van der Waals surface area contributed by atoms with Crippen molar-refractivity contribution >= 4 is 11.8 Å². The van der Waals surface area contributed by atoms with E-state index in [0.717, 1.165) is 24.8 Å². The van der Waals surface area contributed by atoms with Gasteiger partial charge in [0.1, 0.15) is 28.4 Å². The number of phenolic OH excluding ortho intramolecular Hbond substituents is 1. The van der Waals surface area contributed by atoms with Crippen LogP contribution in [0.4, 0.5) is 0 Å². The van der Waals surface area contributed by atoms with E-state index in [1.54, 1.807) is 6.07 Å². The first-order valence-electron chi connectivity index (χ1n) is 11.2. The Morgan fingerprint density at radius 3 is 2.56 bits per heavy atom. The summed E-state index contributed by atoms with van der Waals surface area (Å²) in [5.74, 6) is -0.384. The number of carbonyl (C=O) groups is 2. The summed E-state index contributed by atoms with van der Waals surface area (Å²) in [5, 5.41) is 11.4. The number of ketones is 1. The number of hydrogen-bond donors (Lipinski definition) is 1. The fourth-order valence-electron chi connectivity index (χ4n) is 5.05. The summed E-state index contributed by atoms with van der Waals surface area (Å²) in [6.45, 7) is 7.53. The molecule has 0 aromatic heterocycles. The molecule has 0 saturated heterocycles. The highest BCUT2D eigenvalue weighted by Crippen LogP contribution is 2.56. The molecule has 0 amide bonds. The van der Waals surface area contributed by atoms with Gasteiger partial charge in [0.2, 0.25) is 0 Å². The molecule has 1 saturated carbocycles. The summed E-state index contributed by atoms with van der Waals surface area (Å²) >= 11 is 0. The van der Waals surface area contributed by atoms with Crippen molar-refractivity contribution in [3.63, 3.8) is 0 Å². The lowest BCUT2D eigenvalue weighted by Crippen LogP contribution is -2.42. The monoisotopic (exact) mass is 434 g/mol. The number of benzene rings is 2. The largest absolute Gasteiger partial charge is 0.507 e. The normalized spacial score (nSPS) is 21.4. The predicted octanol–water partition coefficient (Wildman–Crippen LogP) is 5.89. The zero-order valence-electron chi connectivity index (χ0n) is 19.2. The molecular weight excluding hydrogens is 404 g/mol. The lowest BCUT2D eigenvalue weighted by atomic mass is 9.69. The molecule has 1 aliphatic carbocycles. The summed E-state index contributed by atoms with van der Waals surface area (Å²) in [5.41, 5.74) is 3.90. The molecular formula is C27H30O5. The van der Waals surface area contributed by atoms with Crippen LogP contribution in [0.15, 0.2) is 47.5 Å². The molecule has 1 N–H and O–H groups in total. The van der Waals surface area contributed by atoms with Crippen molar-refractivity contribution in [1.82, 2.24) is 0 Å². The van der Waals surface area contributed by atoms with Crippen LogP contribution in [0.1, 0.15) is 80.8 Å². The first-order chi connectivity index (χ1) is 15.2. The summed E-state index contributed by atoms with van der Waals surface area (Å²) in [6.07, 6.45) is 3.26. The lowest BCUT2D eigenvalue weighted by molar-refractivity contribution is -0.131. The second-order valence-corrected chi connectivity index (χ2v) is 9.35. The third-order valence-electron chi connectivity index (χ3n) is 6.61. The van der Waals surface area contributed by atoms with Crippen molar-refractivity contribution in [2.75, 3.05) is 0 Å². The molecule has 2 bridgehead atoms. The molecule has 2 unspecified atom stereocenters. The van der Waals surface area contributed by atoms with Crippen LogP contribution in [-0.4, -0.2) is 22.5 Å². The van der Waals surface area contributed by atoms with Crippen LogP contribution in [0.25, 0.3) is 0 Å². The number of ether oxygens (including phenoxy) is 2. The molecule has 0 spiro atoms. The quantitative estimate of drug-likeness (QED) is 0.275. The Labute approximate surface area is 189 Å². The van der Waals surface area contributed by atoms with Gasteiger partial charge in [0, 0.05) is 30.9 Å². The summed E-state index contributed by atoms with van der Waals surface area (Å²) in [6, 6.07) is 11.3. The van der Waals surface area contributed by atoms with E-state index in [4.69, 9.17) is 9.47 Å². The number of rotatable bonds is 5. The van der Waals surface area contributed by atoms with Crippen molar-refractivity contribution in [3.8, 4) is 17.2 Å². The van der Waals surface area contributed by atoms with Gasteiger partial charge >= 0.3 is 5.97 Å². The molecule has 1 fully saturated rings. The molecule has 5 nitrogen and oxygen atoms in total. The van der Waals surface area contributed by atoms with Crippen LogP contribution in [0, 0.1) is 0 Å². The van der Waals surface area contributed by atoms with Gasteiger partial charge in [0.05, 0.1) is 0 Å². The molecule has 4 rings (SSSR count). The summed E-state index contributed by atoms with van der Waals surface area (Å²) in [4.78, 5) is 25.1. The number of aryl methyl sites for hydroxylation is 1. The van der Waals surface area contributed by atoms with E-state index in [-0.39, 0.29) is 40.8 Å². The minimum Gasteiger partial charge on any atom is -0.507 e. The highest BCUT2D eigenvalue weighted by molar-refractivity contribution is 6.03. The van der Waals surface area contributed by atoms with Gasteiger partial charge in [0.15, 0.2) is 5.78 Å². The zero-order valence-corrected chi connectivity index (χ0v) is 19.2. The van der Waals surface area contributed by atoms with Gasteiger partial charge in [-0.15, -0.1) is 0 Å². The van der Waals surface area contributed by atoms with Crippen molar-refractivity contribution < 1.29 is 24.2 Å². The van der Waals surface area contributed by atoms with E-state index < -0.39 is 5.97 Å². The number of esters is 1. The second kappa shape index (κ2) is 8.45. The van der Waals surface area contributed by atoms with Gasteiger partial charge in [-0.25, -0.2) is 0 Å². The third-order valence-corrected chi connectivity index (χ3v) is 6.61. The number of fused-ring (bicyclic) bond motifs is 4. The predicted molar refractivity (Wildman–Crippen MR) is 123 cm³/mol. The Morgan fingerprint density at radius 2 is 1.91 bits per heavy atom. The highest BCUT2D eigenvalue weighted by Gasteiger charge is 2.45. The molecule has 2 aliphatic rings. The van der Waals surface area contributed by atoms with E-state index >= 15 is 0 Å². The van der Waals surface area contributed by atoms with Crippen LogP contribution < -0.4 is 9.47 Å². The van der Waals surface area contributed by atoms with Gasteiger partial charge in [-0.3, -0.25) is 9.59 Å². The molecule has 0 radical (unpaired) electrons. The van der Waals surface area contributed by atoms with Crippen molar-refractivity contribution in [3.05, 3.63) is 64.2 Å². The average Bonchev–Trinajstić information content (AvgIpc) is 2.71. The number of carbonyl (C=O) groups excluding carboxylic acids is 2. The summed E-state index contributed by atoms with van der Waals surface area (Å²) in [7, 11) is 0. The highest BCUT2D eigenvalue weighted by atomic mass is 16.5. The maximum atomic E-state index is 13.3. The van der Waals surface area contributed by atoms with Crippen LogP contribution in [0.3, 0.4) is 0 Å². The topological polar surface area (TPSA) is 72.8 Å². The molecule has 2 atom stereocenters. The maximum absolute atomic E-state index is 13.3. The van der Waals surface area contributed by atoms with E-state index in [1.165, 1.54) is 18.1 Å². The fourth-order valence-corrected chi connectivity index (χ4v) is 5.05. The minimum absolute atomic E-state index is 0.0189. The number of allylic oxidation sites excluding steroid dienone is 2. The molecule has 2 aromatic rings. The average molecular weight is 435 g/mol. The standard InChI is InChI=1S/C27H30O5/c1-16(2)19-12-13-27(4)15-20(19)24-23(32-27)14-22(31-17(3)28)25(26(24)30)21(29)11-10-18-8-6-5-7-9-18/h5-9,14,20,30H,10-13,15H2,1-4H3. The Balaban J connectivity index is 1.79. The van der Waals surface area contributed by atoms with E-state index in [9.17, 15) is 14.7 Å². The number of phenols is 1. The van der Waals surface area contributed by atoms with Crippen molar-refractivity contribution in [1.29, 1.82) is 0 Å². The van der Waals surface area contributed by atoms with Gasteiger partial charge in [-0.2, -0.15) is 0 Å². The van der Waals surface area contributed by atoms with Gasteiger partial charge in [-0.05, 0) is 52.0 Å². The SMILES string of the molecule is CC(=O)Oc1cc2c(c(O)c1C(=O)CCc1ccccc1)C1CC(C)(CCC1=C(C)C)O2. The number of hydrogen-bond acceptors (Lipinski definition) is 5. The van der Waals surface area contributed by atoms with Gasteiger partial charge in [-0.1, -0.05) is 41.5 Å². The summed E-state index contributed by atoms with van der Waals surface area (Å²) < 4.78 is 11.7. The second-order valence-electron chi connectivity index (χ2n) is 9.35. The van der Waals surface area contributed by atoms with Crippen molar-refractivity contribution in [2.45, 2.75) is 71.3 Å². The minimum atomic E-state index is -0.548. The fraction of sp³-hybridized carbons (Fsp3) is 0.407. The van der Waals surface area contributed by atoms with Crippen LogP contribution in [0.5, 0.6) is 17.2 Å². The molecule has 2 aromatic carbocycles. The van der Waals surface area contributed by atoms with Crippen LogP contribution >= 0.6 is 0 Å².